The Morgan fingerprint density at radius 1 is 1.71 bits per heavy atom. The van der Waals surface area contributed by atoms with Gasteiger partial charge in [0, 0.05) is 12.7 Å². The lowest BCUT2D eigenvalue weighted by atomic mass is 10.2. The van der Waals surface area contributed by atoms with E-state index in [0.717, 1.165) is 12.8 Å². The van der Waals surface area contributed by atoms with E-state index in [1.54, 1.807) is 23.2 Å². The van der Waals surface area contributed by atoms with Crippen molar-refractivity contribution in [2.45, 2.75) is 18.9 Å². The van der Waals surface area contributed by atoms with E-state index < -0.39 is 6.67 Å². The largest absolute Gasteiger partial charge is 0.357 e. The van der Waals surface area contributed by atoms with Crippen molar-refractivity contribution in [2.24, 2.45) is 0 Å². The van der Waals surface area contributed by atoms with Gasteiger partial charge in [0.25, 0.3) is 5.91 Å². The average Bonchev–Trinajstić information content (AvgIpc) is 2.87. The Morgan fingerprint density at radius 3 is 3.21 bits per heavy atom. The molecule has 0 aromatic carbocycles. The van der Waals surface area contributed by atoms with Gasteiger partial charge in [-0.1, -0.05) is 0 Å². The number of amides is 1. The third-order valence-electron chi connectivity index (χ3n) is 2.64. The van der Waals surface area contributed by atoms with Gasteiger partial charge in [0.1, 0.15) is 12.4 Å². The monoisotopic (exact) mass is 196 g/mol. The molecule has 1 unspecified atom stereocenters. The normalized spacial score (nSPS) is 21.5. The van der Waals surface area contributed by atoms with E-state index in [1.165, 1.54) is 0 Å². The predicted molar refractivity (Wildman–Crippen MR) is 50.8 cm³/mol. The molecule has 1 aliphatic heterocycles. The minimum absolute atomic E-state index is 0.0878. The summed E-state index contributed by atoms with van der Waals surface area (Å²) in [4.78, 5) is 16.3. The number of aromatic amines is 1. The van der Waals surface area contributed by atoms with Gasteiger partial charge in [0.05, 0.1) is 6.04 Å². The second-order valence-corrected chi connectivity index (χ2v) is 3.53. The number of nitrogens with zero attached hydrogens (tertiary/aromatic N) is 1. The molecular formula is C10H13FN2O. The second-order valence-electron chi connectivity index (χ2n) is 3.53. The molecule has 1 fully saturated rings. The highest BCUT2D eigenvalue weighted by atomic mass is 19.1. The molecule has 1 aliphatic rings. The number of rotatable bonds is 2. The van der Waals surface area contributed by atoms with Crippen LogP contribution in [0, 0.1) is 0 Å². The van der Waals surface area contributed by atoms with Gasteiger partial charge in [-0.3, -0.25) is 4.79 Å². The molecule has 14 heavy (non-hydrogen) atoms. The molecule has 0 spiro atoms. The van der Waals surface area contributed by atoms with Crippen molar-refractivity contribution in [3.63, 3.8) is 0 Å². The van der Waals surface area contributed by atoms with Gasteiger partial charge in [-0.15, -0.1) is 0 Å². The van der Waals surface area contributed by atoms with Gasteiger partial charge >= 0.3 is 0 Å². The van der Waals surface area contributed by atoms with Gasteiger partial charge in [0.15, 0.2) is 0 Å². The van der Waals surface area contributed by atoms with Crippen LogP contribution in [0.4, 0.5) is 4.39 Å². The van der Waals surface area contributed by atoms with E-state index in [1.807, 2.05) is 0 Å². The average molecular weight is 196 g/mol. The molecule has 0 bridgehead atoms. The Hall–Kier alpha value is -1.32. The van der Waals surface area contributed by atoms with Crippen LogP contribution in [0.25, 0.3) is 0 Å². The van der Waals surface area contributed by atoms with Crippen molar-refractivity contribution in [3.8, 4) is 0 Å². The fourth-order valence-corrected chi connectivity index (χ4v) is 1.88. The maximum absolute atomic E-state index is 12.5. The number of hydrogen-bond acceptors (Lipinski definition) is 1. The highest BCUT2D eigenvalue weighted by molar-refractivity contribution is 5.92. The first kappa shape index (κ1) is 9.24. The van der Waals surface area contributed by atoms with Crippen LogP contribution >= 0.6 is 0 Å². The van der Waals surface area contributed by atoms with Crippen LogP contribution in [0.3, 0.4) is 0 Å². The van der Waals surface area contributed by atoms with Crippen molar-refractivity contribution in [2.75, 3.05) is 13.2 Å². The first-order valence-corrected chi connectivity index (χ1v) is 4.83. The van der Waals surface area contributed by atoms with Gasteiger partial charge in [-0.05, 0) is 25.0 Å². The number of carbonyl (C=O) groups is 1. The number of halogens is 1. The Balaban J connectivity index is 2.11. The minimum Gasteiger partial charge on any atom is -0.357 e. The molecule has 0 aliphatic carbocycles. The zero-order valence-corrected chi connectivity index (χ0v) is 7.87. The maximum Gasteiger partial charge on any atom is 0.270 e. The van der Waals surface area contributed by atoms with E-state index >= 15 is 0 Å². The topological polar surface area (TPSA) is 36.1 Å². The van der Waals surface area contributed by atoms with Crippen LogP contribution in [0.1, 0.15) is 23.3 Å². The third-order valence-corrected chi connectivity index (χ3v) is 2.64. The van der Waals surface area contributed by atoms with Crippen molar-refractivity contribution in [1.82, 2.24) is 9.88 Å². The number of aromatic nitrogens is 1. The van der Waals surface area contributed by atoms with Gasteiger partial charge < -0.3 is 9.88 Å². The number of hydrogen-bond donors (Lipinski definition) is 1. The third kappa shape index (κ3) is 1.52. The summed E-state index contributed by atoms with van der Waals surface area (Å²) in [5.41, 5.74) is 0.547. The van der Waals surface area contributed by atoms with Crippen LogP contribution < -0.4 is 0 Å². The van der Waals surface area contributed by atoms with Crippen molar-refractivity contribution in [1.29, 1.82) is 0 Å². The van der Waals surface area contributed by atoms with Crippen molar-refractivity contribution >= 4 is 5.91 Å². The molecule has 1 aromatic heterocycles. The molecular weight excluding hydrogens is 183 g/mol. The van der Waals surface area contributed by atoms with Crippen LogP contribution in [0.15, 0.2) is 18.3 Å². The molecule has 1 aromatic rings. The summed E-state index contributed by atoms with van der Waals surface area (Å²) in [6.45, 7) is 0.235. The van der Waals surface area contributed by atoms with E-state index in [4.69, 9.17) is 0 Å². The molecule has 4 heteroatoms. The SMILES string of the molecule is O=C(c1ccc[nH]1)N1CCCC1CF. The van der Waals surface area contributed by atoms with Crippen molar-refractivity contribution in [3.05, 3.63) is 24.0 Å². The molecule has 1 N–H and O–H groups in total. The molecule has 3 nitrogen and oxygen atoms in total. The van der Waals surface area contributed by atoms with E-state index in [2.05, 4.69) is 4.98 Å². The molecule has 0 saturated carbocycles. The van der Waals surface area contributed by atoms with E-state index in [9.17, 15) is 9.18 Å². The highest BCUT2D eigenvalue weighted by Gasteiger charge is 2.29. The lowest BCUT2D eigenvalue weighted by Gasteiger charge is -2.21. The minimum atomic E-state index is -0.438. The summed E-state index contributed by atoms with van der Waals surface area (Å²) in [5.74, 6) is -0.0878. The predicted octanol–water partition coefficient (Wildman–Crippen LogP) is 1.59. The van der Waals surface area contributed by atoms with Crippen LogP contribution in [0.2, 0.25) is 0 Å². The standard InChI is InChI=1S/C10H13FN2O/c11-7-8-3-2-6-13(8)10(14)9-4-1-5-12-9/h1,4-5,8,12H,2-3,6-7H2. The van der Waals surface area contributed by atoms with E-state index in [-0.39, 0.29) is 11.9 Å². The Kier molecular flexibility index (Phi) is 2.52. The molecule has 1 amide bonds. The zero-order valence-electron chi connectivity index (χ0n) is 7.87. The lowest BCUT2D eigenvalue weighted by Crippen LogP contribution is -2.36. The van der Waals surface area contributed by atoms with E-state index in [0.29, 0.717) is 12.2 Å². The quantitative estimate of drug-likeness (QED) is 0.766. The maximum atomic E-state index is 12.5. The summed E-state index contributed by atoms with van der Waals surface area (Å²) < 4.78 is 12.5. The molecule has 2 rings (SSSR count). The Morgan fingerprint density at radius 2 is 2.57 bits per heavy atom. The smallest absolute Gasteiger partial charge is 0.270 e. The fourth-order valence-electron chi connectivity index (χ4n) is 1.88. The summed E-state index contributed by atoms with van der Waals surface area (Å²) in [5, 5.41) is 0. The van der Waals surface area contributed by atoms with Crippen LogP contribution in [-0.4, -0.2) is 35.1 Å². The zero-order chi connectivity index (χ0) is 9.97. The number of nitrogens with one attached hydrogen (secondary N) is 1. The number of carbonyl (C=O) groups excluding carboxylic acids is 1. The molecule has 0 radical (unpaired) electrons. The molecule has 2 heterocycles. The second kappa shape index (κ2) is 3.82. The Bertz CT molecular complexity index is 310. The van der Waals surface area contributed by atoms with Gasteiger partial charge in [0.2, 0.25) is 0 Å². The summed E-state index contributed by atoms with van der Waals surface area (Å²) >= 11 is 0. The van der Waals surface area contributed by atoms with Crippen LogP contribution in [0.5, 0.6) is 0 Å². The molecule has 1 atom stereocenters. The highest BCUT2D eigenvalue weighted by Crippen LogP contribution is 2.19. The fraction of sp³-hybridized carbons (Fsp3) is 0.500. The summed E-state index contributed by atoms with van der Waals surface area (Å²) in [6.07, 6.45) is 3.39. The molecule has 76 valence electrons. The number of H-pyrrole nitrogens is 1. The number of alkyl halides is 1. The lowest BCUT2D eigenvalue weighted by molar-refractivity contribution is 0.0711. The first-order valence-electron chi connectivity index (χ1n) is 4.83. The van der Waals surface area contributed by atoms with Crippen LogP contribution in [-0.2, 0) is 0 Å². The van der Waals surface area contributed by atoms with Crippen molar-refractivity contribution < 1.29 is 9.18 Å². The summed E-state index contributed by atoms with van der Waals surface area (Å²) in [6, 6.07) is 3.27. The Labute approximate surface area is 81.9 Å². The van der Waals surface area contributed by atoms with Gasteiger partial charge in [-0.25, -0.2) is 4.39 Å². The van der Waals surface area contributed by atoms with Gasteiger partial charge in [-0.2, -0.15) is 0 Å². The molecule has 1 saturated heterocycles. The summed E-state index contributed by atoms with van der Waals surface area (Å²) in [7, 11) is 0. The number of likely N-dealkylation sites (tertiary alicyclic amines) is 1. The first-order chi connectivity index (χ1) is 6.83.